The zero-order valence-corrected chi connectivity index (χ0v) is 18.4. The molecule has 1 fully saturated rings. The third-order valence-corrected chi connectivity index (χ3v) is 5.38. The van der Waals surface area contributed by atoms with Gasteiger partial charge in [-0.2, -0.15) is 0 Å². The number of carbonyl (C=O) groups excluding carboxylic acids is 4. The van der Waals surface area contributed by atoms with Gasteiger partial charge in [-0.3, -0.25) is 14.4 Å². The molecule has 0 bridgehead atoms. The number of ether oxygens (including phenoxy) is 1. The van der Waals surface area contributed by atoms with Crippen LogP contribution in [-0.2, 0) is 9.53 Å². The van der Waals surface area contributed by atoms with Gasteiger partial charge in [-0.1, -0.05) is 12.1 Å². The number of benzene rings is 1. The average molecular weight is 465 g/mol. The number of carbonyl (C=O) groups is 4. The average Bonchev–Trinajstić information content (AvgIpc) is 3.58. The number of rotatable bonds is 6. The lowest BCUT2D eigenvalue weighted by atomic mass is 10.1. The maximum absolute atomic E-state index is 12.8. The molecule has 0 spiro atoms. The van der Waals surface area contributed by atoms with E-state index in [1.807, 2.05) is 0 Å². The highest BCUT2D eigenvalue weighted by Gasteiger charge is 2.30. The molecule has 3 amide bonds. The maximum Gasteiger partial charge on any atom is 0.341 e. The van der Waals surface area contributed by atoms with Gasteiger partial charge in [-0.05, 0) is 43.3 Å². The fourth-order valence-electron chi connectivity index (χ4n) is 3.58. The molecule has 4 rings (SSSR count). The van der Waals surface area contributed by atoms with Crippen LogP contribution in [0.1, 0.15) is 38.4 Å². The van der Waals surface area contributed by atoms with Crippen molar-refractivity contribution in [1.82, 2.24) is 9.80 Å². The van der Waals surface area contributed by atoms with E-state index in [-0.39, 0.29) is 34.6 Å². The Kier molecular flexibility index (Phi) is 6.77. The van der Waals surface area contributed by atoms with Gasteiger partial charge in [0, 0.05) is 26.2 Å². The molecular formula is C24H23N3O7. The van der Waals surface area contributed by atoms with E-state index in [4.69, 9.17) is 13.6 Å². The second-order valence-corrected chi connectivity index (χ2v) is 7.62. The third kappa shape index (κ3) is 5.01. The van der Waals surface area contributed by atoms with Crippen molar-refractivity contribution in [3.63, 3.8) is 0 Å². The van der Waals surface area contributed by atoms with Gasteiger partial charge in [0.15, 0.2) is 17.6 Å². The summed E-state index contributed by atoms with van der Waals surface area (Å²) in [5.41, 5.74) is 0.342. The van der Waals surface area contributed by atoms with E-state index >= 15 is 0 Å². The second kappa shape index (κ2) is 10.1. The number of anilines is 1. The molecule has 0 radical (unpaired) electrons. The van der Waals surface area contributed by atoms with Crippen molar-refractivity contribution in [2.24, 2.45) is 0 Å². The van der Waals surface area contributed by atoms with Crippen LogP contribution >= 0.6 is 0 Å². The standard InChI is InChI=1S/C24H23N3O7/c1-16(22(29)26-10-12-27(13-11-26)23(30)20-9-5-15-33-20)34-24(31)17-6-2-3-7-18(17)25-21(28)19-8-4-14-32-19/h2-9,14-16H,10-13H2,1H3,(H,25,28). The molecule has 1 atom stereocenters. The summed E-state index contributed by atoms with van der Waals surface area (Å²) in [6, 6.07) is 12.6. The summed E-state index contributed by atoms with van der Waals surface area (Å²) in [4.78, 5) is 53.4. The Labute approximate surface area is 195 Å². The number of nitrogens with zero attached hydrogens (tertiary/aromatic N) is 2. The molecule has 1 N–H and O–H groups in total. The van der Waals surface area contributed by atoms with E-state index in [0.717, 1.165) is 0 Å². The van der Waals surface area contributed by atoms with Crippen molar-refractivity contribution in [3.05, 3.63) is 78.1 Å². The minimum absolute atomic E-state index is 0.0939. The van der Waals surface area contributed by atoms with Crippen LogP contribution in [-0.4, -0.2) is 65.8 Å². The molecule has 2 aromatic heterocycles. The predicted octanol–water partition coefficient (Wildman–Crippen LogP) is 2.65. The van der Waals surface area contributed by atoms with E-state index < -0.39 is 18.0 Å². The van der Waals surface area contributed by atoms with Crippen LogP contribution in [0.15, 0.2) is 69.9 Å². The van der Waals surface area contributed by atoms with Crippen LogP contribution < -0.4 is 5.32 Å². The van der Waals surface area contributed by atoms with Crippen LogP contribution in [0.4, 0.5) is 5.69 Å². The minimum Gasteiger partial charge on any atom is -0.459 e. The Balaban J connectivity index is 1.34. The Morgan fingerprint density at radius 2 is 1.47 bits per heavy atom. The molecule has 10 nitrogen and oxygen atoms in total. The van der Waals surface area contributed by atoms with Crippen molar-refractivity contribution in [3.8, 4) is 0 Å². The Morgan fingerprint density at radius 3 is 2.12 bits per heavy atom. The Morgan fingerprint density at radius 1 is 0.853 bits per heavy atom. The Hall–Kier alpha value is -4.34. The molecule has 3 aromatic rings. The summed E-state index contributed by atoms with van der Waals surface area (Å²) >= 11 is 0. The number of amides is 3. The number of piperazine rings is 1. The molecule has 1 aliphatic rings. The molecule has 1 aliphatic heterocycles. The summed E-state index contributed by atoms with van der Waals surface area (Å²) < 4.78 is 15.6. The van der Waals surface area contributed by atoms with Crippen molar-refractivity contribution in [2.45, 2.75) is 13.0 Å². The third-order valence-electron chi connectivity index (χ3n) is 5.38. The van der Waals surface area contributed by atoms with Gasteiger partial charge in [0.1, 0.15) is 0 Å². The monoisotopic (exact) mass is 465 g/mol. The molecule has 0 aliphatic carbocycles. The summed E-state index contributed by atoms with van der Waals surface area (Å²) in [6.45, 7) is 2.79. The van der Waals surface area contributed by atoms with E-state index in [1.165, 1.54) is 31.6 Å². The first-order valence-electron chi connectivity index (χ1n) is 10.7. The molecule has 0 saturated carbocycles. The first kappa shape index (κ1) is 22.8. The molecule has 10 heteroatoms. The van der Waals surface area contributed by atoms with Crippen LogP contribution in [0.25, 0.3) is 0 Å². The van der Waals surface area contributed by atoms with Crippen molar-refractivity contribution < 1.29 is 32.7 Å². The van der Waals surface area contributed by atoms with Crippen molar-refractivity contribution in [1.29, 1.82) is 0 Å². The van der Waals surface area contributed by atoms with Gasteiger partial charge in [0.25, 0.3) is 17.7 Å². The summed E-state index contributed by atoms with van der Waals surface area (Å²) in [7, 11) is 0. The lowest BCUT2D eigenvalue weighted by molar-refractivity contribution is -0.141. The van der Waals surface area contributed by atoms with Crippen LogP contribution in [0, 0.1) is 0 Å². The number of para-hydroxylation sites is 1. The molecular weight excluding hydrogens is 442 g/mol. The molecule has 3 heterocycles. The highest BCUT2D eigenvalue weighted by molar-refractivity contribution is 6.07. The first-order chi connectivity index (χ1) is 16.4. The van der Waals surface area contributed by atoms with Crippen molar-refractivity contribution in [2.75, 3.05) is 31.5 Å². The maximum atomic E-state index is 12.8. The molecule has 176 valence electrons. The van der Waals surface area contributed by atoms with Crippen LogP contribution in [0.3, 0.4) is 0 Å². The molecule has 34 heavy (non-hydrogen) atoms. The van der Waals surface area contributed by atoms with Crippen LogP contribution in [0.2, 0.25) is 0 Å². The molecule has 1 aromatic carbocycles. The smallest absolute Gasteiger partial charge is 0.341 e. The van der Waals surface area contributed by atoms with E-state index in [9.17, 15) is 19.2 Å². The van der Waals surface area contributed by atoms with E-state index in [2.05, 4.69) is 5.32 Å². The van der Waals surface area contributed by atoms with Gasteiger partial charge in [0.05, 0.1) is 23.8 Å². The lowest BCUT2D eigenvalue weighted by Crippen LogP contribution is -2.53. The highest BCUT2D eigenvalue weighted by atomic mass is 16.5. The largest absolute Gasteiger partial charge is 0.459 e. The number of furan rings is 2. The lowest BCUT2D eigenvalue weighted by Gasteiger charge is -2.35. The van der Waals surface area contributed by atoms with Gasteiger partial charge in [0.2, 0.25) is 0 Å². The fraction of sp³-hybridized carbons (Fsp3) is 0.250. The summed E-state index contributed by atoms with van der Waals surface area (Å²) in [5, 5.41) is 2.61. The van der Waals surface area contributed by atoms with Crippen LogP contribution in [0.5, 0.6) is 0 Å². The van der Waals surface area contributed by atoms with E-state index in [1.54, 1.807) is 46.2 Å². The molecule has 1 saturated heterocycles. The number of hydrogen-bond donors (Lipinski definition) is 1. The predicted molar refractivity (Wildman–Crippen MR) is 119 cm³/mol. The van der Waals surface area contributed by atoms with Gasteiger partial charge in [-0.25, -0.2) is 4.79 Å². The number of nitrogens with one attached hydrogen (secondary N) is 1. The summed E-state index contributed by atoms with van der Waals surface area (Å²) in [5.74, 6) is -1.52. The Bertz CT molecular complexity index is 1160. The van der Waals surface area contributed by atoms with E-state index in [0.29, 0.717) is 26.2 Å². The normalized spacial score (nSPS) is 14.4. The zero-order chi connectivity index (χ0) is 24.1. The van der Waals surface area contributed by atoms with Crippen molar-refractivity contribution >= 4 is 29.4 Å². The minimum atomic E-state index is -1.05. The van der Waals surface area contributed by atoms with Gasteiger partial charge in [-0.15, -0.1) is 0 Å². The second-order valence-electron chi connectivity index (χ2n) is 7.62. The number of hydrogen-bond acceptors (Lipinski definition) is 7. The quantitative estimate of drug-likeness (QED) is 0.555. The first-order valence-corrected chi connectivity index (χ1v) is 10.7. The van der Waals surface area contributed by atoms with Gasteiger partial charge >= 0.3 is 5.97 Å². The molecule has 1 unspecified atom stereocenters. The van der Waals surface area contributed by atoms with Gasteiger partial charge < -0.3 is 28.7 Å². The fourth-order valence-corrected chi connectivity index (χ4v) is 3.58. The zero-order valence-electron chi connectivity index (χ0n) is 18.4. The SMILES string of the molecule is CC(OC(=O)c1ccccc1NC(=O)c1ccco1)C(=O)N1CCN(C(=O)c2ccco2)CC1. The topological polar surface area (TPSA) is 122 Å². The number of esters is 1. The summed E-state index contributed by atoms with van der Waals surface area (Å²) in [6.07, 6.45) is 1.76. The highest BCUT2D eigenvalue weighted by Crippen LogP contribution is 2.19.